The highest BCUT2D eigenvalue weighted by atomic mass is 16.6. The first-order valence-electron chi connectivity index (χ1n) is 10.2. The monoisotopic (exact) mass is 440 g/mol. The van der Waals surface area contributed by atoms with Crippen LogP contribution in [0.1, 0.15) is 37.6 Å². The molecule has 0 radical (unpaired) electrons. The highest BCUT2D eigenvalue weighted by molar-refractivity contribution is 5.89. The molecule has 8 nitrogen and oxygen atoms in total. The molecule has 3 rings (SSSR count). The maximum atomic E-state index is 12.8. The molecule has 0 unspecified atom stereocenters. The lowest BCUT2D eigenvalue weighted by atomic mass is 10.2. The summed E-state index contributed by atoms with van der Waals surface area (Å²) < 4.78 is 26.6. The molecule has 0 aliphatic heterocycles. The second-order valence-corrected chi connectivity index (χ2v) is 7.18. The van der Waals surface area contributed by atoms with Crippen molar-refractivity contribution in [2.45, 2.75) is 33.3 Å². The largest absolute Gasteiger partial charge is 0.482 e. The summed E-state index contributed by atoms with van der Waals surface area (Å²) in [6.07, 6.45) is 1.71. The number of esters is 2. The Balaban J connectivity index is 1.71. The van der Waals surface area contributed by atoms with Crippen LogP contribution in [0, 0.1) is 0 Å². The lowest BCUT2D eigenvalue weighted by Crippen LogP contribution is -2.18. The smallest absolute Gasteiger partial charge is 0.344 e. The molecule has 0 aliphatic rings. The van der Waals surface area contributed by atoms with E-state index in [0.717, 1.165) is 6.42 Å². The Morgan fingerprint density at radius 2 is 1.75 bits per heavy atom. The van der Waals surface area contributed by atoms with Gasteiger partial charge in [-0.05, 0) is 56.7 Å². The molecular weight excluding hydrogens is 416 g/mol. The van der Waals surface area contributed by atoms with Crippen molar-refractivity contribution in [3.05, 3.63) is 64.5 Å². The minimum Gasteiger partial charge on any atom is -0.482 e. The van der Waals surface area contributed by atoms with E-state index < -0.39 is 11.9 Å². The van der Waals surface area contributed by atoms with Gasteiger partial charge in [0.05, 0.1) is 23.7 Å². The van der Waals surface area contributed by atoms with Gasteiger partial charge in [-0.2, -0.15) is 0 Å². The molecule has 32 heavy (non-hydrogen) atoms. The van der Waals surface area contributed by atoms with E-state index in [1.54, 1.807) is 44.2 Å². The molecule has 1 aromatic heterocycles. The van der Waals surface area contributed by atoms with Crippen LogP contribution in [-0.2, 0) is 14.3 Å². The second kappa shape index (κ2) is 10.5. The number of carbonyl (C=O) groups excluding carboxylic acids is 2. The van der Waals surface area contributed by atoms with Gasteiger partial charge in [0.25, 0.3) is 0 Å². The maximum Gasteiger partial charge on any atom is 0.344 e. The van der Waals surface area contributed by atoms with Crippen LogP contribution < -0.4 is 14.9 Å². The van der Waals surface area contributed by atoms with E-state index in [0.29, 0.717) is 29.1 Å². The van der Waals surface area contributed by atoms with Gasteiger partial charge in [-0.1, -0.05) is 6.92 Å². The van der Waals surface area contributed by atoms with Crippen LogP contribution in [0.25, 0.3) is 11.0 Å². The molecule has 8 heteroatoms. The van der Waals surface area contributed by atoms with Crippen molar-refractivity contribution >= 4 is 22.9 Å². The number of rotatable bonds is 9. The molecule has 0 saturated carbocycles. The van der Waals surface area contributed by atoms with Crippen molar-refractivity contribution in [3.63, 3.8) is 0 Å². The Bertz CT molecular complexity index is 1140. The second-order valence-electron chi connectivity index (χ2n) is 7.18. The van der Waals surface area contributed by atoms with Crippen molar-refractivity contribution in [2.75, 3.05) is 13.2 Å². The summed E-state index contributed by atoms with van der Waals surface area (Å²) in [5.74, 6) is -0.185. The average Bonchev–Trinajstić information content (AvgIpc) is 2.78. The number of ether oxygens (including phenoxy) is 4. The van der Waals surface area contributed by atoms with E-state index in [2.05, 4.69) is 0 Å². The lowest BCUT2D eigenvalue weighted by Gasteiger charge is -2.10. The molecule has 0 fully saturated rings. The third kappa shape index (κ3) is 5.87. The summed E-state index contributed by atoms with van der Waals surface area (Å²) >= 11 is 0. The van der Waals surface area contributed by atoms with Crippen molar-refractivity contribution in [3.8, 4) is 17.2 Å². The fourth-order valence-electron chi connectivity index (χ4n) is 2.75. The molecule has 0 saturated heterocycles. The Kier molecular flexibility index (Phi) is 7.49. The zero-order chi connectivity index (χ0) is 23.1. The van der Waals surface area contributed by atoms with E-state index in [4.69, 9.17) is 23.4 Å². The number of hydrogen-bond donors (Lipinski definition) is 0. The molecule has 2 aromatic carbocycles. The van der Waals surface area contributed by atoms with Crippen molar-refractivity contribution in [1.29, 1.82) is 0 Å². The molecule has 1 heterocycles. The van der Waals surface area contributed by atoms with Gasteiger partial charge in [0.1, 0.15) is 23.3 Å². The van der Waals surface area contributed by atoms with Gasteiger partial charge >= 0.3 is 11.9 Å². The van der Waals surface area contributed by atoms with Crippen LogP contribution in [-0.4, -0.2) is 31.3 Å². The highest BCUT2D eigenvalue weighted by Crippen LogP contribution is 2.24. The number of benzene rings is 2. The fraction of sp³-hybridized carbons (Fsp3) is 0.292. The third-order valence-corrected chi connectivity index (χ3v) is 4.19. The lowest BCUT2D eigenvalue weighted by molar-refractivity contribution is -0.149. The minimum atomic E-state index is -0.491. The zero-order valence-corrected chi connectivity index (χ0v) is 18.1. The number of hydrogen-bond acceptors (Lipinski definition) is 8. The predicted octanol–water partition coefficient (Wildman–Crippen LogP) is 4.48. The van der Waals surface area contributed by atoms with E-state index in [1.807, 2.05) is 6.92 Å². The summed E-state index contributed by atoms with van der Waals surface area (Å²) in [6.45, 7) is 5.51. The topological polar surface area (TPSA) is 101 Å². The SMILES string of the molecule is CCCOC(=O)c1ccc(Oc2coc3cc(OCC(=O)OC(C)C)ccc3c2=O)cc1. The van der Waals surface area contributed by atoms with Gasteiger partial charge < -0.3 is 23.4 Å². The van der Waals surface area contributed by atoms with Gasteiger partial charge in [-0.3, -0.25) is 4.79 Å². The van der Waals surface area contributed by atoms with E-state index in [9.17, 15) is 14.4 Å². The molecule has 0 N–H and O–H groups in total. The van der Waals surface area contributed by atoms with Gasteiger partial charge in [0.2, 0.25) is 11.2 Å². The van der Waals surface area contributed by atoms with Crippen LogP contribution >= 0.6 is 0 Å². The van der Waals surface area contributed by atoms with Gasteiger partial charge in [0.15, 0.2) is 6.61 Å². The highest BCUT2D eigenvalue weighted by Gasteiger charge is 2.13. The van der Waals surface area contributed by atoms with Crippen LogP contribution in [0.4, 0.5) is 0 Å². The van der Waals surface area contributed by atoms with E-state index in [1.165, 1.54) is 18.4 Å². The maximum absolute atomic E-state index is 12.8. The molecular formula is C24H24O8. The van der Waals surface area contributed by atoms with E-state index in [-0.39, 0.29) is 29.5 Å². The molecule has 168 valence electrons. The first kappa shape index (κ1) is 22.9. The van der Waals surface area contributed by atoms with Gasteiger partial charge in [0, 0.05) is 6.07 Å². The quantitative estimate of drug-likeness (QED) is 0.449. The Hall–Kier alpha value is -3.81. The Morgan fingerprint density at radius 3 is 2.44 bits per heavy atom. The molecule has 0 spiro atoms. The molecule has 0 aliphatic carbocycles. The van der Waals surface area contributed by atoms with Crippen molar-refractivity contribution in [2.24, 2.45) is 0 Å². The predicted molar refractivity (Wildman–Crippen MR) is 116 cm³/mol. The van der Waals surface area contributed by atoms with Crippen LogP contribution in [0.3, 0.4) is 0 Å². The van der Waals surface area contributed by atoms with Crippen molar-refractivity contribution in [1.82, 2.24) is 0 Å². The van der Waals surface area contributed by atoms with Gasteiger partial charge in [-0.15, -0.1) is 0 Å². The number of fused-ring (bicyclic) bond motifs is 1. The molecule has 0 amide bonds. The number of carbonyl (C=O) groups is 2. The average molecular weight is 440 g/mol. The summed E-state index contributed by atoms with van der Waals surface area (Å²) in [4.78, 5) is 36.2. The van der Waals surface area contributed by atoms with Crippen molar-refractivity contribution < 1.29 is 33.0 Å². The Labute approximate surface area is 184 Å². The van der Waals surface area contributed by atoms with Crippen LogP contribution in [0.15, 0.2) is 57.9 Å². The summed E-state index contributed by atoms with van der Waals surface area (Å²) in [5.41, 5.74) is 0.302. The molecule has 3 aromatic rings. The summed E-state index contributed by atoms with van der Waals surface area (Å²) in [5, 5.41) is 0.291. The minimum absolute atomic E-state index is 0.00649. The first-order valence-corrected chi connectivity index (χ1v) is 10.2. The molecule has 0 atom stereocenters. The zero-order valence-electron chi connectivity index (χ0n) is 18.1. The standard InChI is InChI=1S/C24H24O8/c1-4-11-28-24(27)16-5-7-17(8-6-16)32-21-13-30-20-12-18(9-10-19(20)23(21)26)29-14-22(25)31-15(2)3/h5-10,12-13,15H,4,11,14H2,1-3H3. The summed E-state index contributed by atoms with van der Waals surface area (Å²) in [6, 6.07) is 10.9. The fourth-order valence-corrected chi connectivity index (χ4v) is 2.75. The normalized spacial score (nSPS) is 10.8. The van der Waals surface area contributed by atoms with Crippen LogP contribution in [0.2, 0.25) is 0 Å². The summed E-state index contributed by atoms with van der Waals surface area (Å²) in [7, 11) is 0. The van der Waals surface area contributed by atoms with Gasteiger partial charge in [-0.25, -0.2) is 9.59 Å². The van der Waals surface area contributed by atoms with E-state index >= 15 is 0 Å². The van der Waals surface area contributed by atoms with Crippen LogP contribution in [0.5, 0.6) is 17.2 Å². The third-order valence-electron chi connectivity index (χ3n) is 4.19. The molecule has 0 bridgehead atoms. The Morgan fingerprint density at radius 1 is 1.03 bits per heavy atom. The first-order chi connectivity index (χ1) is 15.4.